The highest BCUT2D eigenvalue weighted by Gasteiger charge is 2.43. The SMILES string of the molecule is CC(C)(C)OC(=O)N[C@H](C(=O)O)C(O)(Cc1ccccc1)Cc1ccccc1. The van der Waals surface area contributed by atoms with Crippen LogP contribution in [0, 0.1) is 0 Å². The number of rotatable bonds is 7. The van der Waals surface area contributed by atoms with Gasteiger partial charge in [0.25, 0.3) is 0 Å². The van der Waals surface area contributed by atoms with Gasteiger partial charge in [-0.1, -0.05) is 60.7 Å². The van der Waals surface area contributed by atoms with Crippen LogP contribution in [0.15, 0.2) is 60.7 Å². The molecule has 2 aromatic rings. The van der Waals surface area contributed by atoms with Gasteiger partial charge < -0.3 is 20.3 Å². The van der Waals surface area contributed by atoms with Crippen molar-refractivity contribution in [3.63, 3.8) is 0 Å². The maximum Gasteiger partial charge on any atom is 0.408 e. The fourth-order valence-electron chi connectivity index (χ4n) is 3.02. The predicted octanol–water partition coefficient (Wildman–Crippen LogP) is 3.18. The Morgan fingerprint density at radius 2 is 1.36 bits per heavy atom. The summed E-state index contributed by atoms with van der Waals surface area (Å²) in [5.74, 6) is -1.33. The molecule has 0 radical (unpaired) electrons. The van der Waals surface area contributed by atoms with E-state index in [1.807, 2.05) is 60.7 Å². The van der Waals surface area contributed by atoms with Gasteiger partial charge in [-0.15, -0.1) is 0 Å². The van der Waals surface area contributed by atoms with E-state index < -0.39 is 29.3 Å². The van der Waals surface area contributed by atoms with Gasteiger partial charge in [0.05, 0.1) is 0 Å². The fourth-order valence-corrected chi connectivity index (χ4v) is 3.02. The second-order valence-corrected chi connectivity index (χ2v) is 7.85. The van der Waals surface area contributed by atoms with Crippen molar-refractivity contribution >= 4 is 12.1 Å². The Kier molecular flexibility index (Phi) is 6.80. The first-order valence-corrected chi connectivity index (χ1v) is 9.12. The second-order valence-electron chi connectivity index (χ2n) is 7.85. The minimum Gasteiger partial charge on any atom is -0.480 e. The van der Waals surface area contributed by atoms with E-state index in [0.717, 1.165) is 11.1 Å². The lowest BCUT2D eigenvalue weighted by molar-refractivity contribution is -0.147. The van der Waals surface area contributed by atoms with E-state index in [1.165, 1.54) is 0 Å². The maximum absolute atomic E-state index is 12.2. The third-order valence-corrected chi connectivity index (χ3v) is 4.15. The Morgan fingerprint density at radius 1 is 0.929 bits per heavy atom. The maximum atomic E-state index is 12.2. The third kappa shape index (κ3) is 6.39. The summed E-state index contributed by atoms with van der Waals surface area (Å²) in [5, 5.41) is 23.6. The molecule has 0 saturated heterocycles. The summed E-state index contributed by atoms with van der Waals surface area (Å²) in [5.41, 5.74) is -1.02. The molecule has 2 rings (SSSR count). The standard InChI is InChI=1S/C22H27NO5/c1-21(2,3)28-20(26)23-18(19(24)25)22(27,14-16-10-6-4-7-11-16)15-17-12-8-5-9-13-17/h4-13,18,27H,14-15H2,1-3H3,(H,23,26)(H,24,25)/t18-/m1/s1. The zero-order chi connectivity index (χ0) is 20.8. The molecule has 1 amide bonds. The van der Waals surface area contributed by atoms with Crippen LogP contribution in [0.5, 0.6) is 0 Å². The molecule has 2 aromatic carbocycles. The van der Waals surface area contributed by atoms with E-state index in [1.54, 1.807) is 20.8 Å². The van der Waals surface area contributed by atoms with Gasteiger partial charge in [0.15, 0.2) is 6.04 Å². The molecule has 0 bridgehead atoms. The van der Waals surface area contributed by atoms with Crippen LogP contribution >= 0.6 is 0 Å². The molecule has 28 heavy (non-hydrogen) atoms. The summed E-state index contributed by atoms with van der Waals surface area (Å²) in [4.78, 5) is 24.2. The number of benzene rings is 2. The molecule has 0 aliphatic carbocycles. The fraction of sp³-hybridized carbons (Fsp3) is 0.364. The highest BCUT2D eigenvalue weighted by Crippen LogP contribution is 2.24. The number of nitrogens with one attached hydrogen (secondary N) is 1. The summed E-state index contributed by atoms with van der Waals surface area (Å²) in [6, 6.07) is 16.6. The molecular formula is C22H27NO5. The quantitative estimate of drug-likeness (QED) is 0.680. The minimum absolute atomic E-state index is 0.0511. The van der Waals surface area contributed by atoms with Crippen LogP contribution < -0.4 is 5.32 Å². The van der Waals surface area contributed by atoms with E-state index >= 15 is 0 Å². The zero-order valence-corrected chi connectivity index (χ0v) is 16.4. The lowest BCUT2D eigenvalue weighted by Crippen LogP contribution is -2.59. The van der Waals surface area contributed by atoms with Crippen LogP contribution in [-0.4, -0.2) is 39.5 Å². The summed E-state index contributed by atoms with van der Waals surface area (Å²) in [7, 11) is 0. The van der Waals surface area contributed by atoms with Crippen LogP contribution in [0.4, 0.5) is 4.79 Å². The molecule has 0 aromatic heterocycles. The molecular weight excluding hydrogens is 358 g/mol. The lowest BCUT2D eigenvalue weighted by Gasteiger charge is -2.35. The van der Waals surface area contributed by atoms with Gasteiger partial charge in [-0.05, 0) is 31.9 Å². The molecule has 6 heteroatoms. The Balaban J connectivity index is 2.35. The van der Waals surface area contributed by atoms with Crippen LogP contribution in [0.2, 0.25) is 0 Å². The van der Waals surface area contributed by atoms with Crippen molar-refractivity contribution in [1.29, 1.82) is 0 Å². The summed E-state index contributed by atoms with van der Waals surface area (Å²) in [6.45, 7) is 5.05. The van der Waals surface area contributed by atoms with Crippen molar-refractivity contribution in [2.24, 2.45) is 0 Å². The lowest BCUT2D eigenvalue weighted by atomic mass is 9.82. The normalized spacial score (nSPS) is 12.9. The molecule has 1 atom stereocenters. The van der Waals surface area contributed by atoms with Crippen LogP contribution in [0.25, 0.3) is 0 Å². The van der Waals surface area contributed by atoms with Gasteiger partial charge in [0.2, 0.25) is 0 Å². The van der Waals surface area contributed by atoms with E-state index in [-0.39, 0.29) is 12.8 Å². The van der Waals surface area contributed by atoms with E-state index in [2.05, 4.69) is 5.32 Å². The first-order valence-electron chi connectivity index (χ1n) is 9.12. The van der Waals surface area contributed by atoms with Crippen LogP contribution in [0.3, 0.4) is 0 Å². The van der Waals surface area contributed by atoms with Crippen molar-refractivity contribution in [3.05, 3.63) is 71.8 Å². The van der Waals surface area contributed by atoms with E-state index in [9.17, 15) is 19.8 Å². The van der Waals surface area contributed by atoms with Gasteiger partial charge in [-0.25, -0.2) is 9.59 Å². The summed E-state index contributed by atoms with van der Waals surface area (Å²) >= 11 is 0. The molecule has 6 nitrogen and oxygen atoms in total. The Labute approximate surface area is 165 Å². The molecule has 3 N–H and O–H groups in total. The van der Waals surface area contributed by atoms with Gasteiger partial charge in [0.1, 0.15) is 11.2 Å². The number of carboxylic acid groups (broad SMARTS) is 1. The number of hydrogen-bond donors (Lipinski definition) is 3. The summed E-state index contributed by atoms with van der Waals surface area (Å²) in [6.07, 6.45) is -0.787. The zero-order valence-electron chi connectivity index (χ0n) is 16.4. The first-order chi connectivity index (χ1) is 13.1. The number of alkyl carbamates (subject to hydrolysis) is 1. The number of carbonyl (C=O) groups is 2. The molecule has 0 unspecified atom stereocenters. The number of amides is 1. The van der Waals surface area contributed by atoms with Gasteiger partial charge in [0, 0.05) is 12.8 Å². The van der Waals surface area contributed by atoms with E-state index in [4.69, 9.17) is 4.74 Å². The van der Waals surface area contributed by atoms with Gasteiger partial charge in [-0.3, -0.25) is 0 Å². The van der Waals surface area contributed by atoms with Crippen molar-refractivity contribution in [2.75, 3.05) is 0 Å². The average molecular weight is 385 g/mol. The summed E-state index contributed by atoms with van der Waals surface area (Å²) < 4.78 is 5.19. The van der Waals surface area contributed by atoms with E-state index in [0.29, 0.717) is 0 Å². The van der Waals surface area contributed by atoms with Crippen molar-refractivity contribution in [1.82, 2.24) is 5.32 Å². The number of carbonyl (C=O) groups excluding carboxylic acids is 1. The highest BCUT2D eigenvalue weighted by atomic mass is 16.6. The minimum atomic E-state index is -1.76. The van der Waals surface area contributed by atoms with Gasteiger partial charge >= 0.3 is 12.1 Å². The molecule has 150 valence electrons. The van der Waals surface area contributed by atoms with Crippen LogP contribution in [-0.2, 0) is 22.4 Å². The third-order valence-electron chi connectivity index (χ3n) is 4.15. The van der Waals surface area contributed by atoms with Gasteiger partial charge in [-0.2, -0.15) is 0 Å². The Bertz CT molecular complexity index is 742. The molecule has 0 aliphatic rings. The number of aliphatic carboxylic acids is 1. The molecule has 0 saturated carbocycles. The predicted molar refractivity (Wildman–Crippen MR) is 106 cm³/mol. The average Bonchev–Trinajstić information content (AvgIpc) is 2.59. The topological polar surface area (TPSA) is 95.9 Å². The van der Waals surface area contributed by atoms with Crippen molar-refractivity contribution < 1.29 is 24.5 Å². The number of aliphatic hydroxyl groups is 1. The molecule has 0 fully saturated rings. The molecule has 0 aliphatic heterocycles. The monoisotopic (exact) mass is 385 g/mol. The smallest absolute Gasteiger partial charge is 0.408 e. The first kappa shape index (κ1) is 21.4. The van der Waals surface area contributed by atoms with Crippen LogP contribution in [0.1, 0.15) is 31.9 Å². The highest BCUT2D eigenvalue weighted by molar-refractivity contribution is 5.81. The Hall–Kier alpha value is -2.86. The molecule has 0 spiro atoms. The second kappa shape index (κ2) is 8.89. The van der Waals surface area contributed by atoms with Crippen molar-refractivity contribution in [3.8, 4) is 0 Å². The number of ether oxygens (including phenoxy) is 1. The molecule has 0 heterocycles. The Morgan fingerprint density at radius 3 is 1.71 bits per heavy atom. The number of hydrogen-bond acceptors (Lipinski definition) is 4. The van der Waals surface area contributed by atoms with Crippen molar-refractivity contribution in [2.45, 2.75) is 50.9 Å². The largest absolute Gasteiger partial charge is 0.480 e. The number of carboxylic acids is 1.